The molecule has 0 amide bonds. The Morgan fingerprint density at radius 1 is 1.53 bits per heavy atom. The second-order valence-corrected chi connectivity index (χ2v) is 4.97. The SMILES string of the molecule is CCOC(=O)CCNC1CSc2ccccc21. The summed E-state index contributed by atoms with van der Waals surface area (Å²) in [6.45, 7) is 2.97. The van der Waals surface area contributed by atoms with E-state index in [-0.39, 0.29) is 5.97 Å². The lowest BCUT2D eigenvalue weighted by molar-refractivity contribution is -0.142. The lowest BCUT2D eigenvalue weighted by atomic mass is 10.1. The van der Waals surface area contributed by atoms with Crippen molar-refractivity contribution < 1.29 is 9.53 Å². The zero-order valence-corrected chi connectivity index (χ0v) is 10.8. The Morgan fingerprint density at radius 3 is 3.18 bits per heavy atom. The highest BCUT2D eigenvalue weighted by molar-refractivity contribution is 7.99. The number of nitrogens with one attached hydrogen (secondary N) is 1. The van der Waals surface area contributed by atoms with Gasteiger partial charge in [-0.05, 0) is 18.6 Å². The van der Waals surface area contributed by atoms with E-state index in [1.165, 1.54) is 10.5 Å². The first-order valence-corrected chi connectivity index (χ1v) is 6.90. The Kier molecular flexibility index (Phi) is 4.45. The molecule has 4 heteroatoms. The molecule has 1 aromatic rings. The molecule has 0 spiro atoms. The van der Waals surface area contributed by atoms with Gasteiger partial charge in [-0.2, -0.15) is 0 Å². The highest BCUT2D eigenvalue weighted by Crippen LogP contribution is 2.37. The molecule has 1 atom stereocenters. The van der Waals surface area contributed by atoms with Gasteiger partial charge in [0.15, 0.2) is 0 Å². The predicted octanol–water partition coefficient (Wildman–Crippen LogP) is 2.38. The molecule has 0 fully saturated rings. The molecule has 0 saturated heterocycles. The minimum absolute atomic E-state index is 0.126. The highest BCUT2D eigenvalue weighted by Gasteiger charge is 2.21. The molecule has 0 aliphatic carbocycles. The monoisotopic (exact) mass is 251 g/mol. The number of esters is 1. The van der Waals surface area contributed by atoms with Crippen LogP contribution in [-0.4, -0.2) is 24.9 Å². The van der Waals surface area contributed by atoms with E-state index in [1.807, 2.05) is 18.7 Å². The van der Waals surface area contributed by atoms with Gasteiger partial charge in [-0.3, -0.25) is 4.79 Å². The maximum atomic E-state index is 11.2. The van der Waals surface area contributed by atoms with E-state index in [0.29, 0.717) is 25.6 Å². The molecule has 2 rings (SSSR count). The first-order chi connectivity index (χ1) is 8.31. The van der Waals surface area contributed by atoms with Gasteiger partial charge in [-0.25, -0.2) is 0 Å². The largest absolute Gasteiger partial charge is 0.466 e. The van der Waals surface area contributed by atoms with Gasteiger partial charge in [-0.1, -0.05) is 18.2 Å². The normalized spacial score (nSPS) is 17.8. The second kappa shape index (κ2) is 6.07. The number of thioether (sulfide) groups is 1. The third kappa shape index (κ3) is 3.23. The van der Waals surface area contributed by atoms with E-state index in [0.717, 1.165) is 5.75 Å². The summed E-state index contributed by atoms with van der Waals surface area (Å²) in [5, 5.41) is 3.41. The van der Waals surface area contributed by atoms with E-state index in [2.05, 4.69) is 29.6 Å². The second-order valence-electron chi connectivity index (χ2n) is 3.91. The molecule has 0 radical (unpaired) electrons. The predicted molar refractivity (Wildman–Crippen MR) is 69.2 cm³/mol. The van der Waals surface area contributed by atoms with E-state index < -0.39 is 0 Å². The van der Waals surface area contributed by atoms with Crippen LogP contribution in [0.1, 0.15) is 24.9 Å². The molecule has 0 saturated carbocycles. The van der Waals surface area contributed by atoms with Gasteiger partial charge >= 0.3 is 5.97 Å². The Hall–Kier alpha value is -1.00. The fourth-order valence-corrected chi connectivity index (χ4v) is 3.11. The summed E-state index contributed by atoms with van der Waals surface area (Å²) in [4.78, 5) is 12.5. The molecule has 1 aliphatic heterocycles. The van der Waals surface area contributed by atoms with Crippen molar-refractivity contribution in [3.05, 3.63) is 29.8 Å². The third-order valence-corrected chi connectivity index (χ3v) is 3.91. The average Bonchev–Trinajstić information content (AvgIpc) is 2.73. The number of carbonyl (C=O) groups is 1. The quantitative estimate of drug-likeness (QED) is 0.815. The molecule has 1 aliphatic rings. The topological polar surface area (TPSA) is 38.3 Å². The van der Waals surface area contributed by atoms with Crippen molar-refractivity contribution in [2.45, 2.75) is 24.3 Å². The molecule has 1 N–H and O–H groups in total. The van der Waals surface area contributed by atoms with E-state index in [9.17, 15) is 4.79 Å². The molecule has 3 nitrogen and oxygen atoms in total. The van der Waals surface area contributed by atoms with Crippen LogP contribution in [0.2, 0.25) is 0 Å². The fraction of sp³-hybridized carbons (Fsp3) is 0.462. The summed E-state index contributed by atoms with van der Waals surface area (Å²) in [6.07, 6.45) is 0.442. The van der Waals surface area contributed by atoms with E-state index in [4.69, 9.17) is 4.74 Å². The van der Waals surface area contributed by atoms with Crippen LogP contribution in [0.3, 0.4) is 0 Å². The van der Waals surface area contributed by atoms with Crippen molar-refractivity contribution in [1.29, 1.82) is 0 Å². The first-order valence-electron chi connectivity index (χ1n) is 5.92. The maximum absolute atomic E-state index is 11.2. The number of hydrogen-bond acceptors (Lipinski definition) is 4. The van der Waals surface area contributed by atoms with Crippen molar-refractivity contribution in [2.75, 3.05) is 18.9 Å². The van der Waals surface area contributed by atoms with Crippen LogP contribution >= 0.6 is 11.8 Å². The summed E-state index contributed by atoms with van der Waals surface area (Å²) >= 11 is 1.87. The summed E-state index contributed by atoms with van der Waals surface area (Å²) in [5.41, 5.74) is 1.35. The first kappa shape index (κ1) is 12.5. The number of benzene rings is 1. The lowest BCUT2D eigenvalue weighted by Crippen LogP contribution is -2.24. The van der Waals surface area contributed by atoms with Gasteiger partial charge in [0, 0.05) is 23.2 Å². The van der Waals surface area contributed by atoms with E-state index in [1.54, 1.807) is 0 Å². The Balaban J connectivity index is 1.80. The molecular formula is C13H17NO2S. The summed E-state index contributed by atoms with van der Waals surface area (Å²) < 4.78 is 4.89. The minimum atomic E-state index is -0.126. The molecular weight excluding hydrogens is 234 g/mol. The van der Waals surface area contributed by atoms with Crippen LogP contribution in [0.25, 0.3) is 0 Å². The fourth-order valence-electron chi connectivity index (χ4n) is 1.91. The van der Waals surface area contributed by atoms with Gasteiger partial charge in [0.2, 0.25) is 0 Å². The number of ether oxygens (including phenoxy) is 1. The number of carbonyl (C=O) groups excluding carboxylic acids is 1. The van der Waals surface area contributed by atoms with Gasteiger partial charge in [0.25, 0.3) is 0 Å². The molecule has 1 unspecified atom stereocenters. The van der Waals surface area contributed by atoms with Crippen molar-refractivity contribution >= 4 is 17.7 Å². The molecule has 17 heavy (non-hydrogen) atoms. The van der Waals surface area contributed by atoms with Gasteiger partial charge in [0.05, 0.1) is 13.0 Å². The average molecular weight is 251 g/mol. The zero-order valence-electron chi connectivity index (χ0n) is 9.94. The van der Waals surface area contributed by atoms with Gasteiger partial charge in [-0.15, -0.1) is 11.8 Å². The highest BCUT2D eigenvalue weighted by atomic mass is 32.2. The Morgan fingerprint density at radius 2 is 2.35 bits per heavy atom. The van der Waals surface area contributed by atoms with Gasteiger partial charge < -0.3 is 10.1 Å². The summed E-state index contributed by atoms with van der Waals surface area (Å²) in [5.74, 6) is 0.918. The standard InChI is InChI=1S/C13H17NO2S/c1-2-16-13(15)7-8-14-11-9-17-12-6-4-3-5-10(11)12/h3-6,11,14H,2,7-9H2,1H3. The Bertz CT molecular complexity index is 395. The van der Waals surface area contributed by atoms with Crippen molar-refractivity contribution in [3.63, 3.8) is 0 Å². The zero-order chi connectivity index (χ0) is 12.1. The smallest absolute Gasteiger partial charge is 0.307 e. The minimum Gasteiger partial charge on any atom is -0.466 e. The van der Waals surface area contributed by atoms with Crippen LogP contribution < -0.4 is 5.32 Å². The van der Waals surface area contributed by atoms with Crippen LogP contribution in [0.4, 0.5) is 0 Å². The lowest BCUT2D eigenvalue weighted by Gasteiger charge is -2.12. The summed E-state index contributed by atoms with van der Waals surface area (Å²) in [7, 11) is 0. The third-order valence-electron chi connectivity index (χ3n) is 2.73. The summed E-state index contributed by atoms with van der Waals surface area (Å²) in [6, 6.07) is 8.78. The number of fused-ring (bicyclic) bond motifs is 1. The maximum Gasteiger partial charge on any atom is 0.307 e. The molecule has 0 bridgehead atoms. The van der Waals surface area contributed by atoms with Crippen molar-refractivity contribution in [1.82, 2.24) is 5.32 Å². The van der Waals surface area contributed by atoms with Crippen LogP contribution in [0.5, 0.6) is 0 Å². The van der Waals surface area contributed by atoms with Crippen molar-refractivity contribution in [3.8, 4) is 0 Å². The van der Waals surface area contributed by atoms with Crippen LogP contribution in [-0.2, 0) is 9.53 Å². The van der Waals surface area contributed by atoms with Gasteiger partial charge in [0.1, 0.15) is 0 Å². The number of rotatable bonds is 5. The number of hydrogen-bond donors (Lipinski definition) is 1. The molecule has 92 valence electrons. The molecule has 1 aromatic carbocycles. The van der Waals surface area contributed by atoms with Crippen molar-refractivity contribution in [2.24, 2.45) is 0 Å². The van der Waals surface area contributed by atoms with Crippen LogP contribution in [0.15, 0.2) is 29.2 Å². The molecule has 1 heterocycles. The van der Waals surface area contributed by atoms with Crippen LogP contribution in [0, 0.1) is 0 Å². The Labute approximate surface area is 106 Å². The van der Waals surface area contributed by atoms with E-state index >= 15 is 0 Å². The molecule has 0 aromatic heterocycles.